The minimum absolute atomic E-state index is 0.0481. The second-order valence-corrected chi connectivity index (χ2v) is 5.30. The summed E-state index contributed by atoms with van der Waals surface area (Å²) in [6, 6.07) is 14.2. The highest BCUT2D eigenvalue weighted by Gasteiger charge is 2.11. The summed E-state index contributed by atoms with van der Waals surface area (Å²) in [5.41, 5.74) is 3.49. The number of rotatable bonds is 5. The van der Waals surface area contributed by atoms with Crippen molar-refractivity contribution in [1.29, 1.82) is 0 Å². The van der Waals surface area contributed by atoms with Crippen molar-refractivity contribution in [3.8, 4) is 11.5 Å². The van der Waals surface area contributed by atoms with Gasteiger partial charge in [-0.3, -0.25) is 0 Å². The summed E-state index contributed by atoms with van der Waals surface area (Å²) in [7, 11) is 3.27. The third-order valence-corrected chi connectivity index (χ3v) is 3.67. The highest BCUT2D eigenvalue weighted by atomic mass is 35.5. The molecule has 0 N–H and O–H groups in total. The number of halogens is 1. The molecule has 3 heteroatoms. The van der Waals surface area contributed by atoms with E-state index in [-0.39, 0.29) is 5.38 Å². The van der Waals surface area contributed by atoms with Crippen LogP contribution in [0.3, 0.4) is 0 Å². The number of benzene rings is 2. The molecule has 0 saturated carbocycles. The quantitative estimate of drug-likeness (QED) is 0.753. The normalized spacial score (nSPS) is 12.0. The first-order valence-electron chi connectivity index (χ1n) is 6.55. The lowest BCUT2D eigenvalue weighted by atomic mass is 10.0. The van der Waals surface area contributed by atoms with Gasteiger partial charge in [0.25, 0.3) is 0 Å². The summed E-state index contributed by atoms with van der Waals surface area (Å²) in [5.74, 6) is 1.47. The van der Waals surface area contributed by atoms with Crippen molar-refractivity contribution in [3.05, 3.63) is 59.2 Å². The zero-order valence-electron chi connectivity index (χ0n) is 12.0. The van der Waals surface area contributed by atoms with Crippen molar-refractivity contribution in [1.82, 2.24) is 0 Å². The molecule has 1 atom stereocenters. The van der Waals surface area contributed by atoms with Crippen LogP contribution < -0.4 is 9.47 Å². The molecule has 0 amide bonds. The van der Waals surface area contributed by atoms with E-state index in [4.69, 9.17) is 21.1 Å². The Morgan fingerprint density at radius 1 is 1.00 bits per heavy atom. The van der Waals surface area contributed by atoms with E-state index >= 15 is 0 Å². The van der Waals surface area contributed by atoms with E-state index in [2.05, 4.69) is 25.1 Å². The van der Waals surface area contributed by atoms with Gasteiger partial charge in [-0.25, -0.2) is 0 Å². The molecule has 0 aliphatic carbocycles. The Bertz CT molecular complexity index is 581. The van der Waals surface area contributed by atoms with E-state index in [9.17, 15) is 0 Å². The van der Waals surface area contributed by atoms with Crippen LogP contribution in [0.4, 0.5) is 0 Å². The van der Waals surface area contributed by atoms with Crippen LogP contribution in [-0.4, -0.2) is 14.2 Å². The maximum absolute atomic E-state index is 6.51. The maximum atomic E-state index is 6.51. The molecule has 2 aromatic carbocycles. The Labute approximate surface area is 125 Å². The van der Waals surface area contributed by atoms with Crippen LogP contribution in [-0.2, 0) is 6.42 Å². The van der Waals surface area contributed by atoms with E-state index in [0.717, 1.165) is 29.0 Å². The Morgan fingerprint density at radius 2 is 1.75 bits per heavy atom. The van der Waals surface area contributed by atoms with Crippen LogP contribution in [0, 0.1) is 6.92 Å². The number of alkyl halides is 1. The highest BCUT2D eigenvalue weighted by Crippen LogP contribution is 2.31. The van der Waals surface area contributed by atoms with Crippen LogP contribution in [0.15, 0.2) is 42.5 Å². The van der Waals surface area contributed by atoms with Crippen molar-refractivity contribution >= 4 is 11.6 Å². The third-order valence-electron chi connectivity index (χ3n) is 3.27. The predicted molar refractivity (Wildman–Crippen MR) is 83.0 cm³/mol. The van der Waals surface area contributed by atoms with Crippen molar-refractivity contribution in [2.24, 2.45) is 0 Å². The molecule has 0 aromatic heterocycles. The number of hydrogen-bond acceptors (Lipinski definition) is 2. The van der Waals surface area contributed by atoms with E-state index in [1.165, 1.54) is 5.56 Å². The average molecular weight is 291 g/mol. The van der Waals surface area contributed by atoms with E-state index in [1.54, 1.807) is 14.2 Å². The summed E-state index contributed by atoms with van der Waals surface area (Å²) in [5, 5.41) is -0.0481. The summed E-state index contributed by atoms with van der Waals surface area (Å²) in [4.78, 5) is 0. The number of ether oxygens (including phenoxy) is 2. The summed E-state index contributed by atoms with van der Waals surface area (Å²) in [6.07, 6.45) is 0.755. The smallest absolute Gasteiger partial charge is 0.160 e. The third kappa shape index (κ3) is 3.45. The molecule has 0 bridgehead atoms. The van der Waals surface area contributed by atoms with Gasteiger partial charge in [-0.2, -0.15) is 0 Å². The molecular weight excluding hydrogens is 272 g/mol. The largest absolute Gasteiger partial charge is 0.493 e. The maximum Gasteiger partial charge on any atom is 0.160 e. The molecule has 0 radical (unpaired) electrons. The van der Waals surface area contributed by atoms with E-state index in [0.29, 0.717) is 0 Å². The first-order chi connectivity index (χ1) is 9.63. The van der Waals surface area contributed by atoms with Crippen molar-refractivity contribution in [2.75, 3.05) is 14.2 Å². The molecule has 0 heterocycles. The van der Waals surface area contributed by atoms with E-state index in [1.807, 2.05) is 24.3 Å². The van der Waals surface area contributed by atoms with Gasteiger partial charge in [-0.15, -0.1) is 11.6 Å². The Kier molecular flexibility index (Phi) is 4.91. The molecule has 2 rings (SSSR count). The summed E-state index contributed by atoms with van der Waals surface area (Å²) < 4.78 is 10.6. The lowest BCUT2D eigenvalue weighted by molar-refractivity contribution is 0.354. The van der Waals surface area contributed by atoms with Gasteiger partial charge in [0.15, 0.2) is 11.5 Å². The van der Waals surface area contributed by atoms with Gasteiger partial charge >= 0.3 is 0 Å². The zero-order valence-corrected chi connectivity index (χ0v) is 12.8. The molecule has 0 spiro atoms. The molecule has 20 heavy (non-hydrogen) atoms. The summed E-state index contributed by atoms with van der Waals surface area (Å²) in [6.45, 7) is 2.07. The molecule has 0 saturated heterocycles. The fourth-order valence-electron chi connectivity index (χ4n) is 2.20. The highest BCUT2D eigenvalue weighted by molar-refractivity contribution is 6.20. The lowest BCUT2D eigenvalue weighted by Crippen LogP contribution is -1.98. The first kappa shape index (κ1) is 14.7. The molecule has 2 aromatic rings. The van der Waals surface area contributed by atoms with Gasteiger partial charge < -0.3 is 9.47 Å². The lowest BCUT2D eigenvalue weighted by Gasteiger charge is -2.13. The van der Waals surface area contributed by atoms with Crippen LogP contribution >= 0.6 is 11.6 Å². The molecule has 106 valence electrons. The molecule has 0 aliphatic rings. The van der Waals surface area contributed by atoms with Gasteiger partial charge in [-0.05, 0) is 36.6 Å². The van der Waals surface area contributed by atoms with E-state index < -0.39 is 0 Å². The molecule has 0 aliphatic heterocycles. The minimum atomic E-state index is -0.0481. The molecular formula is C17H19ClO2. The van der Waals surface area contributed by atoms with Gasteiger partial charge in [0, 0.05) is 0 Å². The van der Waals surface area contributed by atoms with Crippen LogP contribution in [0.25, 0.3) is 0 Å². The van der Waals surface area contributed by atoms with Gasteiger partial charge in [-0.1, -0.05) is 35.9 Å². The zero-order chi connectivity index (χ0) is 14.5. The van der Waals surface area contributed by atoms with Crippen molar-refractivity contribution in [3.63, 3.8) is 0 Å². The molecule has 2 nitrogen and oxygen atoms in total. The standard InChI is InChI=1S/C17H19ClO2/c1-12-5-4-6-14(9-12)15(18)10-13-7-8-16(19-2)17(11-13)20-3/h4-9,11,15H,10H2,1-3H3. The van der Waals surface area contributed by atoms with Crippen molar-refractivity contribution < 1.29 is 9.47 Å². The number of hydrogen-bond donors (Lipinski definition) is 0. The molecule has 1 unspecified atom stereocenters. The summed E-state index contributed by atoms with van der Waals surface area (Å²) >= 11 is 6.51. The minimum Gasteiger partial charge on any atom is -0.493 e. The fraction of sp³-hybridized carbons (Fsp3) is 0.294. The Hall–Kier alpha value is -1.67. The van der Waals surface area contributed by atoms with Gasteiger partial charge in [0.05, 0.1) is 19.6 Å². The second kappa shape index (κ2) is 6.67. The molecule has 0 fully saturated rings. The number of aryl methyl sites for hydroxylation is 1. The topological polar surface area (TPSA) is 18.5 Å². The van der Waals surface area contributed by atoms with Crippen LogP contribution in [0.5, 0.6) is 11.5 Å². The van der Waals surface area contributed by atoms with Crippen LogP contribution in [0.2, 0.25) is 0 Å². The van der Waals surface area contributed by atoms with Crippen LogP contribution in [0.1, 0.15) is 22.1 Å². The number of methoxy groups -OCH3 is 2. The van der Waals surface area contributed by atoms with Crippen molar-refractivity contribution in [2.45, 2.75) is 18.7 Å². The fourth-order valence-corrected chi connectivity index (χ4v) is 2.51. The van der Waals surface area contributed by atoms with Gasteiger partial charge in [0.2, 0.25) is 0 Å². The second-order valence-electron chi connectivity index (χ2n) is 4.78. The van der Waals surface area contributed by atoms with Gasteiger partial charge in [0.1, 0.15) is 0 Å². The Morgan fingerprint density at radius 3 is 2.40 bits per heavy atom. The predicted octanol–water partition coefficient (Wildman–Crippen LogP) is 4.53. The Balaban J connectivity index is 2.17. The first-order valence-corrected chi connectivity index (χ1v) is 6.99. The monoisotopic (exact) mass is 290 g/mol. The SMILES string of the molecule is COc1ccc(CC(Cl)c2cccc(C)c2)cc1OC. The average Bonchev–Trinajstić information content (AvgIpc) is 2.47.